The third-order valence-electron chi connectivity index (χ3n) is 5.12. The lowest BCUT2D eigenvalue weighted by molar-refractivity contribution is -0.117. The number of piperazine rings is 1. The summed E-state index contributed by atoms with van der Waals surface area (Å²) in [6.07, 6.45) is 0. The highest BCUT2D eigenvalue weighted by Gasteiger charge is 2.19. The van der Waals surface area contributed by atoms with Crippen molar-refractivity contribution in [2.24, 2.45) is 0 Å². The fourth-order valence-electron chi connectivity index (χ4n) is 3.53. The van der Waals surface area contributed by atoms with Crippen LogP contribution in [0.25, 0.3) is 0 Å². The van der Waals surface area contributed by atoms with Gasteiger partial charge in [-0.25, -0.2) is 0 Å². The third-order valence-corrected chi connectivity index (χ3v) is 5.12. The number of aryl methyl sites for hydroxylation is 2. The van der Waals surface area contributed by atoms with Gasteiger partial charge in [0.1, 0.15) is 5.75 Å². The first kappa shape index (κ1) is 19.4. The van der Waals surface area contributed by atoms with Crippen molar-refractivity contribution in [1.29, 1.82) is 0 Å². The molecule has 27 heavy (non-hydrogen) atoms. The van der Waals surface area contributed by atoms with Crippen molar-refractivity contribution in [3.63, 3.8) is 0 Å². The summed E-state index contributed by atoms with van der Waals surface area (Å²) in [5, 5.41) is 3.08. The van der Waals surface area contributed by atoms with Gasteiger partial charge >= 0.3 is 0 Å². The summed E-state index contributed by atoms with van der Waals surface area (Å²) in [5.74, 6) is 0.961. The summed E-state index contributed by atoms with van der Waals surface area (Å²) in [5.41, 5.74) is 4.41. The number of benzene rings is 2. The van der Waals surface area contributed by atoms with Crippen LogP contribution in [0.4, 0.5) is 5.69 Å². The minimum Gasteiger partial charge on any atom is -0.497 e. The van der Waals surface area contributed by atoms with Crippen LogP contribution in [0, 0.1) is 13.8 Å². The average molecular weight is 367 g/mol. The van der Waals surface area contributed by atoms with E-state index in [2.05, 4.69) is 27.2 Å². The molecule has 1 saturated heterocycles. The molecule has 0 unspecified atom stereocenters. The summed E-state index contributed by atoms with van der Waals surface area (Å²) in [7, 11) is 1.70. The Balaban J connectivity index is 1.47. The van der Waals surface area contributed by atoms with Crippen LogP contribution in [-0.2, 0) is 11.3 Å². The lowest BCUT2D eigenvalue weighted by atomic mass is 10.1. The summed E-state index contributed by atoms with van der Waals surface area (Å²) >= 11 is 0. The molecule has 0 bridgehead atoms. The molecule has 1 N–H and O–H groups in total. The van der Waals surface area contributed by atoms with Crippen LogP contribution in [0.15, 0.2) is 42.5 Å². The van der Waals surface area contributed by atoms with E-state index < -0.39 is 0 Å². The third kappa shape index (κ3) is 5.31. The predicted octanol–water partition coefficient (Wildman–Crippen LogP) is 3.07. The molecule has 144 valence electrons. The molecular formula is C22H29N3O2. The van der Waals surface area contributed by atoms with Crippen molar-refractivity contribution in [3.8, 4) is 5.75 Å². The smallest absolute Gasteiger partial charge is 0.238 e. The molecule has 2 aromatic rings. The van der Waals surface area contributed by atoms with Crippen LogP contribution < -0.4 is 10.1 Å². The summed E-state index contributed by atoms with van der Waals surface area (Å²) in [6.45, 7) is 9.16. The van der Waals surface area contributed by atoms with E-state index in [1.54, 1.807) is 7.11 Å². The first-order valence-corrected chi connectivity index (χ1v) is 9.49. The van der Waals surface area contributed by atoms with E-state index in [0.29, 0.717) is 6.54 Å². The van der Waals surface area contributed by atoms with Gasteiger partial charge in [0.2, 0.25) is 5.91 Å². The number of rotatable bonds is 6. The van der Waals surface area contributed by atoms with Crippen molar-refractivity contribution >= 4 is 11.6 Å². The molecule has 3 rings (SSSR count). The molecule has 5 heteroatoms. The zero-order valence-corrected chi connectivity index (χ0v) is 16.5. The molecule has 0 spiro atoms. The molecule has 5 nitrogen and oxygen atoms in total. The van der Waals surface area contributed by atoms with Crippen LogP contribution in [-0.4, -0.2) is 55.5 Å². The topological polar surface area (TPSA) is 44.8 Å². The molecule has 0 saturated carbocycles. The minimum atomic E-state index is 0.0636. The number of nitrogens with zero attached hydrogens (tertiary/aromatic N) is 2. The maximum atomic E-state index is 12.4. The maximum absolute atomic E-state index is 12.4. The number of para-hydroxylation sites is 1. The highest BCUT2D eigenvalue weighted by atomic mass is 16.5. The van der Waals surface area contributed by atoms with Gasteiger partial charge < -0.3 is 10.1 Å². The molecule has 0 aromatic heterocycles. The molecule has 1 aliphatic heterocycles. The number of nitrogens with one attached hydrogen (secondary N) is 1. The van der Waals surface area contributed by atoms with Crippen molar-refractivity contribution in [3.05, 3.63) is 59.2 Å². The van der Waals surface area contributed by atoms with Crippen LogP contribution in [0.5, 0.6) is 5.75 Å². The van der Waals surface area contributed by atoms with Gasteiger partial charge in [0.15, 0.2) is 0 Å². The zero-order valence-electron chi connectivity index (χ0n) is 16.5. The standard InChI is InChI=1S/C22H29N3O2/c1-17-6-4-7-18(2)22(17)23-21(26)16-25-12-10-24(11-13-25)15-19-8-5-9-20(14-19)27-3/h4-9,14H,10-13,15-16H2,1-3H3,(H,23,26). The molecule has 0 radical (unpaired) electrons. The molecule has 2 aromatic carbocycles. The summed E-state index contributed by atoms with van der Waals surface area (Å²) in [6, 6.07) is 14.3. The van der Waals surface area contributed by atoms with E-state index in [0.717, 1.165) is 55.3 Å². The van der Waals surface area contributed by atoms with E-state index in [4.69, 9.17) is 4.74 Å². The fraction of sp³-hybridized carbons (Fsp3) is 0.409. The molecule has 1 amide bonds. The number of carbonyl (C=O) groups excluding carboxylic acids is 1. The Morgan fingerprint density at radius 1 is 1.00 bits per heavy atom. The van der Waals surface area contributed by atoms with E-state index in [-0.39, 0.29) is 5.91 Å². The molecule has 0 aliphatic carbocycles. The van der Waals surface area contributed by atoms with E-state index in [1.165, 1.54) is 5.56 Å². The van der Waals surface area contributed by atoms with Gasteiger partial charge in [0.05, 0.1) is 13.7 Å². The molecule has 1 heterocycles. The first-order valence-electron chi connectivity index (χ1n) is 9.49. The summed E-state index contributed by atoms with van der Waals surface area (Å²) < 4.78 is 5.30. The van der Waals surface area contributed by atoms with Gasteiger partial charge in [-0.3, -0.25) is 14.6 Å². The largest absolute Gasteiger partial charge is 0.497 e. The van der Waals surface area contributed by atoms with Crippen LogP contribution >= 0.6 is 0 Å². The summed E-state index contributed by atoms with van der Waals surface area (Å²) in [4.78, 5) is 17.1. The van der Waals surface area contributed by atoms with Crippen LogP contribution in [0.1, 0.15) is 16.7 Å². The number of hydrogen-bond acceptors (Lipinski definition) is 4. The van der Waals surface area contributed by atoms with E-state index in [9.17, 15) is 4.79 Å². The van der Waals surface area contributed by atoms with E-state index in [1.807, 2.05) is 44.2 Å². The minimum absolute atomic E-state index is 0.0636. The Bertz CT molecular complexity index is 763. The fourth-order valence-corrected chi connectivity index (χ4v) is 3.53. The highest BCUT2D eigenvalue weighted by Crippen LogP contribution is 2.19. The van der Waals surface area contributed by atoms with Gasteiger partial charge in [-0.1, -0.05) is 30.3 Å². The SMILES string of the molecule is COc1cccc(CN2CCN(CC(=O)Nc3c(C)cccc3C)CC2)c1. The number of carbonyl (C=O) groups is 1. The number of methoxy groups -OCH3 is 1. The highest BCUT2D eigenvalue weighted by molar-refractivity contribution is 5.93. The van der Waals surface area contributed by atoms with Crippen LogP contribution in [0.2, 0.25) is 0 Å². The molecule has 1 fully saturated rings. The Morgan fingerprint density at radius 3 is 2.30 bits per heavy atom. The quantitative estimate of drug-likeness (QED) is 0.852. The number of anilines is 1. The van der Waals surface area contributed by atoms with Crippen LogP contribution in [0.3, 0.4) is 0 Å². The van der Waals surface area contributed by atoms with E-state index >= 15 is 0 Å². The molecule has 0 atom stereocenters. The van der Waals surface area contributed by atoms with Crippen molar-refractivity contribution in [1.82, 2.24) is 9.80 Å². The zero-order chi connectivity index (χ0) is 19.2. The Kier molecular flexibility index (Phi) is 6.48. The lowest BCUT2D eigenvalue weighted by Crippen LogP contribution is -2.48. The van der Waals surface area contributed by atoms with Gasteiger partial charge in [-0.05, 0) is 42.7 Å². The van der Waals surface area contributed by atoms with Crippen molar-refractivity contribution in [2.75, 3.05) is 45.2 Å². The van der Waals surface area contributed by atoms with Gasteiger partial charge in [0, 0.05) is 38.4 Å². The monoisotopic (exact) mass is 367 g/mol. The predicted molar refractivity (Wildman–Crippen MR) is 109 cm³/mol. The number of hydrogen-bond donors (Lipinski definition) is 1. The van der Waals surface area contributed by atoms with Crippen molar-refractivity contribution < 1.29 is 9.53 Å². The second-order valence-electron chi connectivity index (χ2n) is 7.22. The van der Waals surface area contributed by atoms with Crippen molar-refractivity contribution in [2.45, 2.75) is 20.4 Å². The van der Waals surface area contributed by atoms with Gasteiger partial charge in [0.25, 0.3) is 0 Å². The maximum Gasteiger partial charge on any atom is 0.238 e. The Morgan fingerprint density at radius 2 is 1.63 bits per heavy atom. The number of amides is 1. The number of ether oxygens (including phenoxy) is 1. The lowest BCUT2D eigenvalue weighted by Gasteiger charge is -2.34. The normalized spacial score (nSPS) is 15.5. The molecular weight excluding hydrogens is 338 g/mol. The van der Waals surface area contributed by atoms with Gasteiger partial charge in [-0.15, -0.1) is 0 Å². The van der Waals surface area contributed by atoms with Gasteiger partial charge in [-0.2, -0.15) is 0 Å². The first-order chi connectivity index (χ1) is 13.0. The second-order valence-corrected chi connectivity index (χ2v) is 7.22. The Labute approximate surface area is 161 Å². The Hall–Kier alpha value is -2.37. The molecule has 1 aliphatic rings. The second kappa shape index (κ2) is 9.02. The average Bonchev–Trinajstić information content (AvgIpc) is 2.66.